The van der Waals surface area contributed by atoms with Gasteiger partial charge in [-0.3, -0.25) is 10.1 Å². The van der Waals surface area contributed by atoms with E-state index in [2.05, 4.69) is 15.6 Å². The van der Waals surface area contributed by atoms with Crippen LogP contribution in [0.25, 0.3) is 0 Å². The van der Waals surface area contributed by atoms with Crippen LogP contribution in [0, 0.1) is 10.1 Å². The van der Waals surface area contributed by atoms with Crippen molar-refractivity contribution >= 4 is 0 Å². The van der Waals surface area contributed by atoms with Gasteiger partial charge in [-0.1, -0.05) is 0 Å². The summed E-state index contributed by atoms with van der Waals surface area (Å²) < 4.78 is 1.96. The monoisotopic (exact) mass is 225 g/mol. The van der Waals surface area contributed by atoms with Crippen molar-refractivity contribution in [2.45, 2.75) is 13.0 Å². The molecule has 1 aromatic heterocycles. The Kier molecular flexibility index (Phi) is 4.84. The van der Waals surface area contributed by atoms with E-state index in [0.717, 1.165) is 19.2 Å². The molecule has 1 rings (SSSR count). The number of rotatable bonds is 7. The van der Waals surface area contributed by atoms with Crippen LogP contribution < -0.4 is 10.6 Å². The van der Waals surface area contributed by atoms with Gasteiger partial charge in [0, 0.05) is 32.5 Å². The lowest BCUT2D eigenvalue weighted by Crippen LogP contribution is -2.25. The minimum Gasteiger partial charge on any atom is -0.370 e. The van der Waals surface area contributed by atoms with Crippen LogP contribution in [0.15, 0.2) is 30.7 Å². The molecule has 0 aliphatic carbocycles. The highest BCUT2D eigenvalue weighted by atomic mass is 16.6. The number of hydrogen-bond donors (Lipinski definition) is 2. The Morgan fingerprint density at radius 2 is 2.50 bits per heavy atom. The van der Waals surface area contributed by atoms with E-state index < -0.39 is 4.92 Å². The Morgan fingerprint density at radius 1 is 1.69 bits per heavy atom. The van der Waals surface area contributed by atoms with Gasteiger partial charge in [-0.15, -0.1) is 0 Å². The lowest BCUT2D eigenvalue weighted by Gasteiger charge is -2.07. The largest absolute Gasteiger partial charge is 0.370 e. The van der Waals surface area contributed by atoms with Crippen LogP contribution in [0.4, 0.5) is 0 Å². The van der Waals surface area contributed by atoms with Gasteiger partial charge in [0.25, 0.3) is 6.20 Å². The zero-order chi connectivity index (χ0) is 11.8. The Morgan fingerprint density at radius 3 is 3.06 bits per heavy atom. The van der Waals surface area contributed by atoms with E-state index >= 15 is 0 Å². The molecule has 0 aliphatic heterocycles. The zero-order valence-corrected chi connectivity index (χ0v) is 9.09. The predicted molar refractivity (Wildman–Crippen MR) is 59.0 cm³/mol. The molecule has 0 aromatic carbocycles. The number of aromatic nitrogens is 2. The van der Waals surface area contributed by atoms with Gasteiger partial charge >= 0.3 is 0 Å². The van der Waals surface area contributed by atoms with Crippen LogP contribution in [-0.4, -0.2) is 28.1 Å². The zero-order valence-electron chi connectivity index (χ0n) is 9.09. The number of nitro groups is 1. The predicted octanol–water partition coefficient (Wildman–Crippen LogP) is 0.158. The number of nitrogens with one attached hydrogen (secondary N) is 2. The highest BCUT2D eigenvalue weighted by molar-refractivity contribution is 4.90. The van der Waals surface area contributed by atoms with Crippen molar-refractivity contribution in [2.24, 2.45) is 0 Å². The van der Waals surface area contributed by atoms with Gasteiger partial charge in [0.2, 0.25) is 0 Å². The van der Waals surface area contributed by atoms with Crippen LogP contribution in [0.2, 0.25) is 0 Å². The van der Waals surface area contributed by atoms with E-state index in [0.29, 0.717) is 12.4 Å². The second kappa shape index (κ2) is 6.44. The molecule has 7 nitrogen and oxygen atoms in total. The van der Waals surface area contributed by atoms with Crippen molar-refractivity contribution in [3.63, 3.8) is 0 Å². The Balaban J connectivity index is 2.21. The molecule has 0 unspecified atom stereocenters. The minimum absolute atomic E-state index is 0.413. The fourth-order valence-corrected chi connectivity index (χ4v) is 1.21. The summed E-state index contributed by atoms with van der Waals surface area (Å²) in [5.41, 5.74) is 0. The first-order valence-electron chi connectivity index (χ1n) is 4.95. The second-order valence-corrected chi connectivity index (χ2v) is 3.16. The van der Waals surface area contributed by atoms with Crippen LogP contribution in [-0.2, 0) is 6.54 Å². The molecule has 0 spiro atoms. The van der Waals surface area contributed by atoms with Gasteiger partial charge in [-0.2, -0.15) is 0 Å². The summed E-state index contributed by atoms with van der Waals surface area (Å²) in [4.78, 5) is 13.7. The Hall–Kier alpha value is -2.05. The molecule has 16 heavy (non-hydrogen) atoms. The first kappa shape index (κ1) is 12.0. The van der Waals surface area contributed by atoms with Crippen molar-refractivity contribution in [3.05, 3.63) is 40.9 Å². The van der Waals surface area contributed by atoms with E-state index in [1.165, 1.54) is 0 Å². The summed E-state index contributed by atoms with van der Waals surface area (Å²) in [6.45, 7) is 1.50. The maximum absolute atomic E-state index is 10.2. The summed E-state index contributed by atoms with van der Waals surface area (Å²) in [6.07, 6.45) is 7.13. The van der Waals surface area contributed by atoms with Crippen LogP contribution in [0.1, 0.15) is 6.42 Å². The van der Waals surface area contributed by atoms with Crippen molar-refractivity contribution < 1.29 is 4.92 Å². The van der Waals surface area contributed by atoms with Gasteiger partial charge < -0.3 is 15.2 Å². The normalized spacial score (nSPS) is 11.2. The summed E-state index contributed by atoms with van der Waals surface area (Å²) in [5, 5.41) is 15.9. The summed E-state index contributed by atoms with van der Waals surface area (Å²) in [5.74, 6) is 0.413. The van der Waals surface area contributed by atoms with Crippen molar-refractivity contribution in [2.75, 3.05) is 13.6 Å². The molecule has 0 saturated heterocycles. The SMILES string of the molecule is CN/C(=C\[N+](=O)[O-])NCCCn1ccnc1. The fraction of sp³-hybridized carbons (Fsp3) is 0.444. The van der Waals surface area contributed by atoms with E-state index in [1.54, 1.807) is 19.6 Å². The van der Waals surface area contributed by atoms with Crippen molar-refractivity contribution in [1.29, 1.82) is 0 Å². The van der Waals surface area contributed by atoms with Gasteiger partial charge in [0.05, 0.1) is 11.3 Å². The smallest absolute Gasteiger partial charge is 0.274 e. The van der Waals surface area contributed by atoms with Crippen LogP contribution >= 0.6 is 0 Å². The van der Waals surface area contributed by atoms with Gasteiger partial charge in [-0.25, -0.2) is 4.98 Å². The average molecular weight is 225 g/mol. The maximum atomic E-state index is 10.2. The molecule has 0 aliphatic rings. The molecule has 0 fully saturated rings. The number of imidazole rings is 1. The lowest BCUT2D eigenvalue weighted by molar-refractivity contribution is -0.404. The molecule has 0 saturated carbocycles. The quantitative estimate of drug-likeness (QED) is 0.392. The first-order valence-corrected chi connectivity index (χ1v) is 4.95. The van der Waals surface area contributed by atoms with Gasteiger partial charge in [0.1, 0.15) is 0 Å². The van der Waals surface area contributed by atoms with Crippen LogP contribution in [0.5, 0.6) is 0 Å². The fourth-order valence-electron chi connectivity index (χ4n) is 1.21. The topological polar surface area (TPSA) is 85.0 Å². The number of hydrogen-bond acceptors (Lipinski definition) is 5. The molecule has 2 N–H and O–H groups in total. The van der Waals surface area contributed by atoms with Gasteiger partial charge in [0.15, 0.2) is 5.82 Å². The van der Waals surface area contributed by atoms with Crippen LogP contribution in [0.3, 0.4) is 0 Å². The Bertz CT molecular complexity index is 347. The average Bonchev–Trinajstić information content (AvgIpc) is 2.74. The molecule has 0 amide bonds. The molecule has 7 heteroatoms. The van der Waals surface area contributed by atoms with E-state index in [-0.39, 0.29) is 0 Å². The molecule has 0 atom stereocenters. The molecule has 0 radical (unpaired) electrons. The second-order valence-electron chi connectivity index (χ2n) is 3.16. The highest BCUT2D eigenvalue weighted by Crippen LogP contribution is 1.90. The van der Waals surface area contributed by atoms with Gasteiger partial charge in [-0.05, 0) is 6.42 Å². The summed E-state index contributed by atoms with van der Waals surface area (Å²) in [6, 6.07) is 0. The van der Waals surface area contributed by atoms with Crippen molar-refractivity contribution in [1.82, 2.24) is 20.2 Å². The molecular formula is C9H15N5O2. The molecule has 1 heterocycles. The maximum Gasteiger partial charge on any atom is 0.274 e. The van der Waals surface area contributed by atoms with E-state index in [1.807, 2.05) is 10.8 Å². The Labute approximate surface area is 93.3 Å². The molecule has 0 bridgehead atoms. The number of aryl methyl sites for hydroxylation is 1. The minimum atomic E-state index is -0.491. The summed E-state index contributed by atoms with van der Waals surface area (Å²) in [7, 11) is 1.64. The standard InChI is InChI=1S/C9H15N5O2/c1-10-9(7-14(15)16)12-3-2-5-13-6-4-11-8-13/h4,6-8,10,12H,2-3,5H2,1H3/b9-7+. The molecular weight excluding hydrogens is 210 g/mol. The molecule has 1 aromatic rings. The van der Waals surface area contributed by atoms with E-state index in [4.69, 9.17) is 0 Å². The van der Waals surface area contributed by atoms with Crippen molar-refractivity contribution in [3.8, 4) is 0 Å². The third-order valence-electron chi connectivity index (χ3n) is 1.97. The molecule has 88 valence electrons. The highest BCUT2D eigenvalue weighted by Gasteiger charge is 1.98. The first-order chi connectivity index (χ1) is 7.72. The third-order valence-corrected chi connectivity index (χ3v) is 1.97. The third kappa shape index (κ3) is 4.45. The summed E-state index contributed by atoms with van der Waals surface area (Å²) >= 11 is 0. The lowest BCUT2D eigenvalue weighted by atomic mass is 10.4. The van der Waals surface area contributed by atoms with E-state index in [9.17, 15) is 10.1 Å². The number of nitrogens with zero attached hydrogens (tertiary/aromatic N) is 3.